The van der Waals surface area contributed by atoms with Crippen LogP contribution < -0.4 is 0 Å². The van der Waals surface area contributed by atoms with E-state index in [1.54, 1.807) is 0 Å². The molecule has 0 N–H and O–H groups in total. The Morgan fingerprint density at radius 2 is 2.13 bits per heavy atom. The zero-order valence-corrected chi connectivity index (χ0v) is 9.99. The molecular weight excluding hydrogens is 186 g/mol. The highest BCUT2D eigenvalue weighted by Crippen LogP contribution is 2.23. The molecule has 0 unspecified atom stereocenters. The zero-order valence-electron chi connectivity index (χ0n) is 9.99. The summed E-state index contributed by atoms with van der Waals surface area (Å²) in [6.45, 7) is 6.14. The molecule has 1 heterocycles. The summed E-state index contributed by atoms with van der Waals surface area (Å²) < 4.78 is 1.15. The van der Waals surface area contributed by atoms with Gasteiger partial charge < -0.3 is 5.21 Å². The standard InChI is InChI=1S/C13H21NO/c1-4-5-6-7-8-9-12-10-11-13(2,3)14(12)15/h6-9H,4-5,10-11H2,1-3H3/b7-6+,9-8+. The van der Waals surface area contributed by atoms with Gasteiger partial charge in [0.05, 0.1) is 0 Å². The van der Waals surface area contributed by atoms with Gasteiger partial charge in [0, 0.05) is 32.8 Å². The Morgan fingerprint density at radius 3 is 2.67 bits per heavy atom. The van der Waals surface area contributed by atoms with Crippen molar-refractivity contribution in [2.24, 2.45) is 0 Å². The summed E-state index contributed by atoms with van der Waals surface area (Å²) in [6.07, 6.45) is 12.2. The summed E-state index contributed by atoms with van der Waals surface area (Å²) in [5.74, 6) is 0. The third-order valence-electron chi connectivity index (χ3n) is 2.79. The summed E-state index contributed by atoms with van der Waals surface area (Å²) in [5.41, 5.74) is 0.688. The SMILES string of the molecule is CCC/C=C/C=C/C1=[N+]([O-])C(C)(C)CC1. The number of rotatable bonds is 4. The van der Waals surface area contributed by atoms with E-state index in [0.29, 0.717) is 0 Å². The van der Waals surface area contributed by atoms with Crippen LogP contribution in [0.5, 0.6) is 0 Å². The predicted molar refractivity (Wildman–Crippen MR) is 65.1 cm³/mol. The van der Waals surface area contributed by atoms with Crippen LogP contribution in [-0.2, 0) is 0 Å². The lowest BCUT2D eigenvalue weighted by molar-refractivity contribution is -0.530. The van der Waals surface area contributed by atoms with Gasteiger partial charge in [-0.05, 0) is 6.42 Å². The number of allylic oxidation sites excluding steroid dienone is 4. The summed E-state index contributed by atoms with van der Waals surface area (Å²) in [4.78, 5) is 0. The smallest absolute Gasteiger partial charge is 0.187 e. The molecule has 2 heteroatoms. The van der Waals surface area contributed by atoms with Gasteiger partial charge in [0.2, 0.25) is 0 Å². The van der Waals surface area contributed by atoms with Gasteiger partial charge in [0.15, 0.2) is 11.3 Å². The minimum atomic E-state index is -0.215. The Balaban J connectivity index is 2.56. The fourth-order valence-corrected chi connectivity index (χ4v) is 1.68. The molecule has 0 amide bonds. The van der Waals surface area contributed by atoms with Crippen molar-refractivity contribution in [1.29, 1.82) is 0 Å². The summed E-state index contributed by atoms with van der Waals surface area (Å²) in [7, 11) is 0. The maximum absolute atomic E-state index is 11.8. The van der Waals surface area contributed by atoms with Crippen LogP contribution in [0.3, 0.4) is 0 Å². The van der Waals surface area contributed by atoms with E-state index in [9.17, 15) is 5.21 Å². The third-order valence-corrected chi connectivity index (χ3v) is 2.79. The molecule has 0 aromatic carbocycles. The summed E-state index contributed by atoms with van der Waals surface area (Å²) >= 11 is 0. The zero-order chi connectivity index (χ0) is 11.3. The third kappa shape index (κ3) is 3.22. The van der Waals surface area contributed by atoms with Gasteiger partial charge in [-0.15, -0.1) is 0 Å². The van der Waals surface area contributed by atoms with E-state index < -0.39 is 0 Å². The molecule has 0 aliphatic carbocycles. The quantitative estimate of drug-likeness (QED) is 0.394. The molecule has 0 saturated carbocycles. The molecule has 0 aromatic heterocycles. The molecule has 0 bridgehead atoms. The Bertz CT molecular complexity index is 298. The molecule has 1 rings (SSSR count). The highest BCUT2D eigenvalue weighted by Gasteiger charge is 2.35. The molecule has 0 aromatic rings. The van der Waals surface area contributed by atoms with Gasteiger partial charge in [-0.25, -0.2) is 4.74 Å². The van der Waals surface area contributed by atoms with Crippen LogP contribution in [0, 0.1) is 5.21 Å². The molecule has 1 aliphatic rings. The number of hydrogen-bond acceptors (Lipinski definition) is 1. The highest BCUT2D eigenvalue weighted by atomic mass is 16.5. The van der Waals surface area contributed by atoms with E-state index in [-0.39, 0.29) is 5.54 Å². The number of hydroxylamine groups is 1. The minimum Gasteiger partial charge on any atom is -0.623 e. The molecular formula is C13H21NO. The predicted octanol–water partition coefficient (Wildman–Crippen LogP) is 3.42. The lowest BCUT2D eigenvalue weighted by atomic mass is 10.0. The van der Waals surface area contributed by atoms with Gasteiger partial charge in [0.1, 0.15) is 0 Å². The van der Waals surface area contributed by atoms with E-state index in [4.69, 9.17) is 0 Å². The monoisotopic (exact) mass is 207 g/mol. The van der Waals surface area contributed by atoms with Crippen LogP contribution in [0.15, 0.2) is 24.3 Å². The maximum atomic E-state index is 11.8. The van der Waals surface area contributed by atoms with Crippen LogP contribution >= 0.6 is 0 Å². The second-order valence-electron chi connectivity index (χ2n) is 4.67. The average molecular weight is 207 g/mol. The first-order valence-electron chi connectivity index (χ1n) is 5.74. The van der Waals surface area contributed by atoms with Crippen molar-refractivity contribution in [2.45, 2.75) is 52.0 Å². The highest BCUT2D eigenvalue weighted by molar-refractivity contribution is 5.92. The molecule has 15 heavy (non-hydrogen) atoms. The Labute approximate surface area is 92.6 Å². The fraction of sp³-hybridized carbons (Fsp3) is 0.615. The molecule has 0 saturated heterocycles. The molecule has 2 nitrogen and oxygen atoms in total. The summed E-state index contributed by atoms with van der Waals surface area (Å²) in [5, 5.41) is 11.8. The van der Waals surface area contributed by atoms with Gasteiger partial charge >= 0.3 is 0 Å². The first-order valence-corrected chi connectivity index (χ1v) is 5.74. The van der Waals surface area contributed by atoms with Crippen molar-refractivity contribution < 1.29 is 4.74 Å². The largest absolute Gasteiger partial charge is 0.623 e. The van der Waals surface area contributed by atoms with Crippen molar-refractivity contribution in [2.75, 3.05) is 0 Å². The maximum Gasteiger partial charge on any atom is 0.187 e. The van der Waals surface area contributed by atoms with Gasteiger partial charge in [-0.3, -0.25) is 0 Å². The second kappa shape index (κ2) is 5.15. The lowest BCUT2D eigenvalue weighted by Gasteiger charge is -2.17. The van der Waals surface area contributed by atoms with Crippen LogP contribution in [0.1, 0.15) is 46.5 Å². The van der Waals surface area contributed by atoms with Crippen LogP contribution in [0.4, 0.5) is 0 Å². The number of unbranched alkanes of at least 4 members (excludes halogenated alkanes) is 1. The van der Waals surface area contributed by atoms with E-state index in [2.05, 4.69) is 13.0 Å². The Kier molecular flexibility index (Phi) is 4.13. The van der Waals surface area contributed by atoms with E-state index in [1.807, 2.05) is 32.1 Å². The molecule has 0 spiro atoms. The molecule has 0 radical (unpaired) electrons. The van der Waals surface area contributed by atoms with Crippen LogP contribution in [0.25, 0.3) is 0 Å². The first kappa shape index (κ1) is 12.0. The topological polar surface area (TPSA) is 26.1 Å². The molecule has 0 fully saturated rings. The lowest BCUT2D eigenvalue weighted by Crippen LogP contribution is -2.28. The van der Waals surface area contributed by atoms with Crippen molar-refractivity contribution in [1.82, 2.24) is 0 Å². The van der Waals surface area contributed by atoms with Crippen molar-refractivity contribution in [3.05, 3.63) is 29.5 Å². The summed E-state index contributed by atoms with van der Waals surface area (Å²) in [6, 6.07) is 0. The van der Waals surface area contributed by atoms with E-state index in [0.717, 1.165) is 29.7 Å². The van der Waals surface area contributed by atoms with Crippen molar-refractivity contribution in [3.8, 4) is 0 Å². The Hall–Kier alpha value is -1.05. The Morgan fingerprint density at radius 1 is 1.40 bits per heavy atom. The second-order valence-corrected chi connectivity index (χ2v) is 4.67. The van der Waals surface area contributed by atoms with Crippen LogP contribution in [-0.4, -0.2) is 16.0 Å². The normalized spacial score (nSPS) is 21.0. The fourth-order valence-electron chi connectivity index (χ4n) is 1.68. The minimum absolute atomic E-state index is 0.215. The van der Waals surface area contributed by atoms with Gasteiger partial charge in [-0.1, -0.05) is 31.6 Å². The van der Waals surface area contributed by atoms with Crippen molar-refractivity contribution >= 4 is 5.71 Å². The van der Waals surface area contributed by atoms with Crippen LogP contribution in [0.2, 0.25) is 0 Å². The van der Waals surface area contributed by atoms with E-state index >= 15 is 0 Å². The molecule has 1 aliphatic heterocycles. The van der Waals surface area contributed by atoms with E-state index in [1.165, 1.54) is 6.42 Å². The van der Waals surface area contributed by atoms with Crippen molar-refractivity contribution in [3.63, 3.8) is 0 Å². The molecule has 84 valence electrons. The van der Waals surface area contributed by atoms with Gasteiger partial charge in [-0.2, -0.15) is 0 Å². The first-order chi connectivity index (χ1) is 7.08. The molecule has 0 atom stereocenters. The average Bonchev–Trinajstić information content (AvgIpc) is 2.44. The van der Waals surface area contributed by atoms with Gasteiger partial charge in [0.25, 0.3) is 0 Å². The number of hydrogen-bond donors (Lipinski definition) is 0. The number of nitrogens with zero attached hydrogens (tertiary/aromatic N) is 1.